The second kappa shape index (κ2) is 11.5. The van der Waals surface area contributed by atoms with Crippen LogP contribution in [0.5, 0.6) is 0 Å². The lowest BCUT2D eigenvalue weighted by Gasteiger charge is -2.11. The maximum Gasteiger partial charge on any atom is 0.159 e. The fourth-order valence-electron chi connectivity index (χ4n) is 7.45. The van der Waals surface area contributed by atoms with Gasteiger partial charge < -0.3 is 14.1 Å². The lowest BCUT2D eigenvalue weighted by atomic mass is 10.1. The summed E-state index contributed by atoms with van der Waals surface area (Å²) in [4.78, 5) is 13.3. The van der Waals surface area contributed by atoms with Crippen LogP contribution < -0.4 is 5.49 Å². The molecule has 6 heteroatoms. The molecule has 3 heterocycles. The second-order valence-corrected chi connectivity index (χ2v) is 12.8. The maximum absolute atomic E-state index is 9.24. The van der Waals surface area contributed by atoms with Crippen molar-refractivity contribution in [2.45, 2.75) is 0 Å². The van der Waals surface area contributed by atoms with E-state index in [1.807, 2.05) is 66.7 Å². The highest BCUT2D eigenvalue weighted by atomic mass is 15.0. The highest BCUT2D eigenvalue weighted by Gasteiger charge is 2.19. The van der Waals surface area contributed by atoms with Gasteiger partial charge in [0.1, 0.15) is 5.69 Å². The van der Waals surface area contributed by atoms with Crippen LogP contribution in [0.2, 0.25) is 0 Å². The van der Waals surface area contributed by atoms with E-state index in [0.29, 0.717) is 16.7 Å². The summed E-state index contributed by atoms with van der Waals surface area (Å²) in [5.74, 6) is 0.149. The van der Waals surface area contributed by atoms with Crippen molar-refractivity contribution in [2.75, 3.05) is 0 Å². The molecule has 0 saturated carbocycles. The van der Waals surface area contributed by atoms with Gasteiger partial charge in [-0.1, -0.05) is 109 Å². The molecule has 0 unspecified atom stereocenters. The first-order valence-electron chi connectivity index (χ1n) is 17.0. The van der Waals surface area contributed by atoms with Crippen LogP contribution in [-0.2, 0) is 0 Å². The highest BCUT2D eigenvalue weighted by Crippen LogP contribution is 2.39. The Labute approximate surface area is 292 Å². The second-order valence-electron chi connectivity index (χ2n) is 12.8. The van der Waals surface area contributed by atoms with Gasteiger partial charge in [0.25, 0.3) is 0 Å². The minimum Gasteiger partial charge on any atom is -0.337 e. The molecular formula is C45H30N6. The molecule has 240 valence electrons. The fourth-order valence-corrected chi connectivity index (χ4v) is 7.45. The van der Waals surface area contributed by atoms with Crippen LogP contribution in [0.3, 0.4) is 0 Å². The summed E-state index contributed by atoms with van der Waals surface area (Å²) < 4.78 is 4.68. The Balaban J connectivity index is 1.17. The lowest BCUT2D eigenvalue weighted by molar-refractivity contribution is 1.14. The van der Waals surface area contributed by atoms with Gasteiger partial charge in [-0.15, -0.1) is 0 Å². The van der Waals surface area contributed by atoms with Gasteiger partial charge in [0.2, 0.25) is 0 Å². The number of nitrogens with one attached hydrogen (secondary N) is 2. The number of nitrogens with zero attached hydrogens (tertiary/aromatic N) is 4. The minimum absolute atomic E-state index is 0.149. The van der Waals surface area contributed by atoms with Gasteiger partial charge in [-0.25, -0.2) is 9.98 Å². The zero-order chi connectivity index (χ0) is 33.9. The number of amidine groups is 1. The molecule has 0 radical (unpaired) electrons. The Kier molecular flexibility index (Phi) is 6.54. The Bertz CT molecular complexity index is 3040. The Morgan fingerprint density at radius 2 is 1.08 bits per heavy atom. The molecular weight excluding hydrogens is 625 g/mol. The van der Waals surface area contributed by atoms with E-state index in [0.717, 1.165) is 39.0 Å². The van der Waals surface area contributed by atoms with Crippen molar-refractivity contribution in [2.24, 2.45) is 4.99 Å². The monoisotopic (exact) mass is 654 g/mol. The third-order valence-electron chi connectivity index (χ3n) is 9.74. The summed E-state index contributed by atoms with van der Waals surface area (Å²) in [5.41, 5.74) is 11.3. The van der Waals surface area contributed by atoms with E-state index >= 15 is 0 Å². The van der Waals surface area contributed by atoms with Gasteiger partial charge in [-0.3, -0.25) is 5.41 Å². The van der Waals surface area contributed by atoms with Gasteiger partial charge in [0, 0.05) is 44.0 Å². The standard InChI is InChI=1S/C45H30N6/c46-44(49-45-43(29-14-3-1-4-15-29)47-37-22-9-10-23-38(37)48-45)30-16-13-19-32(26-30)51-40-25-12-8-21-34(40)36-27-41-35(28-42(36)51)33-20-7-11-24-39(33)50(41)31-17-5-2-6-18-31/h1-28H,(H2,46,48,49). The molecule has 0 aliphatic carbocycles. The first kappa shape index (κ1) is 28.9. The first-order valence-corrected chi connectivity index (χ1v) is 17.0. The molecule has 0 bridgehead atoms. The summed E-state index contributed by atoms with van der Waals surface area (Å²) in [6, 6.07) is 58.5. The highest BCUT2D eigenvalue weighted by molar-refractivity contribution is 6.19. The molecule has 0 atom stereocenters. The molecule has 51 heavy (non-hydrogen) atoms. The van der Waals surface area contributed by atoms with Crippen molar-refractivity contribution in [3.05, 3.63) is 181 Å². The Morgan fingerprint density at radius 3 is 1.78 bits per heavy atom. The van der Waals surface area contributed by atoms with E-state index in [-0.39, 0.29) is 5.84 Å². The summed E-state index contributed by atoms with van der Waals surface area (Å²) in [6.45, 7) is 0. The number of aromatic nitrogens is 4. The summed E-state index contributed by atoms with van der Waals surface area (Å²) in [6.07, 6.45) is 0. The SMILES string of the molecule is N=C(N=c1[nH]c2ccccc2nc1-c1ccccc1)c1cccc(-n2c3ccccc3c3cc4c(cc32)c2ccccc2n4-c2ccccc2)c1. The molecule has 0 aliphatic heterocycles. The van der Waals surface area contributed by atoms with E-state index in [9.17, 15) is 5.41 Å². The average Bonchev–Trinajstić information content (AvgIpc) is 3.69. The van der Waals surface area contributed by atoms with Crippen molar-refractivity contribution in [3.8, 4) is 22.6 Å². The van der Waals surface area contributed by atoms with Crippen LogP contribution in [0, 0.1) is 5.41 Å². The molecule has 0 fully saturated rings. The lowest BCUT2D eigenvalue weighted by Crippen LogP contribution is -2.17. The number of H-pyrrole nitrogens is 1. The van der Waals surface area contributed by atoms with E-state index in [1.165, 1.54) is 32.6 Å². The Morgan fingerprint density at radius 1 is 0.510 bits per heavy atom. The van der Waals surface area contributed by atoms with Crippen molar-refractivity contribution in [3.63, 3.8) is 0 Å². The predicted molar refractivity (Wildman–Crippen MR) is 209 cm³/mol. The summed E-state index contributed by atoms with van der Waals surface area (Å²) >= 11 is 0. The molecule has 2 N–H and O–H groups in total. The number of hydrogen-bond donors (Lipinski definition) is 2. The van der Waals surface area contributed by atoms with Crippen LogP contribution in [0.1, 0.15) is 5.56 Å². The predicted octanol–water partition coefficient (Wildman–Crippen LogP) is 10.4. The number of rotatable bonds is 4. The number of para-hydroxylation sites is 5. The van der Waals surface area contributed by atoms with Crippen molar-refractivity contribution < 1.29 is 0 Å². The van der Waals surface area contributed by atoms with Gasteiger partial charge >= 0.3 is 0 Å². The van der Waals surface area contributed by atoms with Crippen LogP contribution in [0.25, 0.3) is 77.3 Å². The van der Waals surface area contributed by atoms with Crippen molar-refractivity contribution in [1.82, 2.24) is 19.1 Å². The molecule has 0 amide bonds. The Hall–Kier alpha value is -7.05. The smallest absolute Gasteiger partial charge is 0.159 e. The largest absolute Gasteiger partial charge is 0.337 e. The molecule has 0 spiro atoms. The molecule has 10 rings (SSSR count). The topological polar surface area (TPSA) is 74.8 Å². The number of benzene rings is 7. The maximum atomic E-state index is 9.24. The van der Waals surface area contributed by atoms with Gasteiger partial charge in [-0.05, 0) is 60.7 Å². The normalized spacial score (nSPS) is 12.1. The molecule has 10 aromatic rings. The molecule has 3 aromatic heterocycles. The van der Waals surface area contributed by atoms with E-state index in [2.05, 4.69) is 117 Å². The van der Waals surface area contributed by atoms with E-state index < -0.39 is 0 Å². The quantitative estimate of drug-likeness (QED) is 0.144. The number of aromatic amines is 1. The van der Waals surface area contributed by atoms with Gasteiger partial charge in [0.15, 0.2) is 11.3 Å². The average molecular weight is 655 g/mol. The minimum atomic E-state index is 0.149. The van der Waals surface area contributed by atoms with Crippen LogP contribution >= 0.6 is 0 Å². The zero-order valence-corrected chi connectivity index (χ0v) is 27.5. The van der Waals surface area contributed by atoms with Crippen LogP contribution in [0.4, 0.5) is 0 Å². The zero-order valence-electron chi connectivity index (χ0n) is 27.5. The fraction of sp³-hybridized carbons (Fsp3) is 0. The van der Waals surface area contributed by atoms with Crippen molar-refractivity contribution in [1.29, 1.82) is 5.41 Å². The molecule has 0 saturated heterocycles. The van der Waals surface area contributed by atoms with E-state index in [1.54, 1.807) is 0 Å². The third kappa shape index (κ3) is 4.69. The molecule has 7 aromatic carbocycles. The van der Waals surface area contributed by atoms with Crippen LogP contribution in [0.15, 0.2) is 175 Å². The summed E-state index contributed by atoms with van der Waals surface area (Å²) in [5, 5.41) is 14.0. The first-order chi connectivity index (χ1) is 25.2. The van der Waals surface area contributed by atoms with Gasteiger partial charge in [0.05, 0.1) is 33.1 Å². The molecule has 0 aliphatic rings. The van der Waals surface area contributed by atoms with Crippen molar-refractivity contribution >= 4 is 60.5 Å². The molecule has 6 nitrogen and oxygen atoms in total. The third-order valence-corrected chi connectivity index (χ3v) is 9.74. The number of hydrogen-bond acceptors (Lipinski definition) is 2. The van der Waals surface area contributed by atoms with Crippen LogP contribution in [-0.4, -0.2) is 24.9 Å². The van der Waals surface area contributed by atoms with E-state index in [4.69, 9.17) is 9.98 Å². The van der Waals surface area contributed by atoms with Gasteiger partial charge in [-0.2, -0.15) is 0 Å². The summed E-state index contributed by atoms with van der Waals surface area (Å²) in [7, 11) is 0. The number of fused-ring (bicyclic) bond motifs is 7.